The molecule has 1 aromatic heterocycles. The van der Waals surface area contributed by atoms with Crippen molar-refractivity contribution < 1.29 is 17.6 Å². The number of carbonyl (C=O) groups is 1. The highest BCUT2D eigenvalue weighted by Gasteiger charge is 2.38. The van der Waals surface area contributed by atoms with Crippen LogP contribution in [0.4, 0.5) is 4.39 Å². The maximum Gasteiger partial charge on any atom is 0.261 e. The van der Waals surface area contributed by atoms with E-state index in [9.17, 15) is 22.4 Å². The summed E-state index contributed by atoms with van der Waals surface area (Å²) in [6.07, 6.45) is 6.54. The van der Waals surface area contributed by atoms with Crippen LogP contribution in [-0.2, 0) is 21.2 Å². The summed E-state index contributed by atoms with van der Waals surface area (Å²) in [5.41, 5.74) is -0.171. The number of sulfone groups is 1. The fraction of sp³-hybridized carbons (Fsp3) is 0.550. The van der Waals surface area contributed by atoms with Crippen LogP contribution < -0.4 is 5.56 Å². The van der Waals surface area contributed by atoms with Crippen molar-refractivity contribution in [2.45, 2.75) is 57.2 Å². The van der Waals surface area contributed by atoms with Gasteiger partial charge >= 0.3 is 0 Å². The molecule has 156 valence electrons. The van der Waals surface area contributed by atoms with Gasteiger partial charge < -0.3 is 4.90 Å². The first-order valence-electron chi connectivity index (χ1n) is 10.0. The molecule has 1 atom stereocenters. The Labute approximate surface area is 168 Å². The molecule has 0 radical (unpaired) electrons. The van der Waals surface area contributed by atoms with Crippen LogP contribution in [-0.4, -0.2) is 52.4 Å². The molecule has 7 nitrogen and oxygen atoms in total. The Kier molecular flexibility index (Phi) is 5.42. The van der Waals surface area contributed by atoms with Crippen molar-refractivity contribution in [3.8, 4) is 0 Å². The SMILES string of the molecule is O=C(Cn1cnc2cc(F)ccc2c1=O)N(C1CCCCC1)C1CCS(=O)(=O)C1. The Balaban J connectivity index is 1.62. The topological polar surface area (TPSA) is 89.3 Å². The number of halogens is 1. The Morgan fingerprint density at radius 3 is 2.62 bits per heavy atom. The van der Waals surface area contributed by atoms with E-state index in [1.54, 1.807) is 4.90 Å². The maximum atomic E-state index is 13.4. The largest absolute Gasteiger partial charge is 0.334 e. The fourth-order valence-electron chi connectivity index (χ4n) is 4.53. The Bertz CT molecular complexity index is 1090. The molecule has 1 aromatic carbocycles. The van der Waals surface area contributed by atoms with Gasteiger partial charge in [-0.05, 0) is 31.4 Å². The predicted molar refractivity (Wildman–Crippen MR) is 107 cm³/mol. The summed E-state index contributed by atoms with van der Waals surface area (Å²) >= 11 is 0. The van der Waals surface area contributed by atoms with Gasteiger partial charge in [-0.15, -0.1) is 0 Å². The molecule has 4 rings (SSSR count). The lowest BCUT2D eigenvalue weighted by Crippen LogP contribution is -2.50. The van der Waals surface area contributed by atoms with Crippen LogP contribution >= 0.6 is 0 Å². The zero-order valence-electron chi connectivity index (χ0n) is 16.1. The number of benzene rings is 1. The van der Waals surface area contributed by atoms with Crippen molar-refractivity contribution in [3.05, 3.63) is 40.7 Å². The Morgan fingerprint density at radius 2 is 1.93 bits per heavy atom. The number of hydrogen-bond donors (Lipinski definition) is 0. The second-order valence-electron chi connectivity index (χ2n) is 7.99. The summed E-state index contributed by atoms with van der Waals surface area (Å²) in [7, 11) is -3.14. The van der Waals surface area contributed by atoms with Gasteiger partial charge in [0.2, 0.25) is 5.91 Å². The summed E-state index contributed by atoms with van der Waals surface area (Å²) in [4.78, 5) is 31.8. The van der Waals surface area contributed by atoms with Crippen molar-refractivity contribution >= 4 is 26.6 Å². The normalized spacial score (nSPS) is 22.0. The molecule has 9 heteroatoms. The highest BCUT2D eigenvalue weighted by atomic mass is 32.2. The molecule has 1 saturated heterocycles. The van der Waals surface area contributed by atoms with Gasteiger partial charge in [-0.25, -0.2) is 17.8 Å². The highest BCUT2D eigenvalue weighted by molar-refractivity contribution is 7.91. The molecule has 1 aliphatic heterocycles. The number of rotatable bonds is 4. The summed E-state index contributed by atoms with van der Waals surface area (Å²) in [5, 5.41) is 0.245. The van der Waals surface area contributed by atoms with E-state index in [2.05, 4.69) is 4.98 Å². The standard InChI is InChI=1S/C20H24FN3O4S/c21-14-6-7-17-18(10-14)22-13-23(20(17)26)11-19(25)24(15-4-2-1-3-5-15)16-8-9-29(27,28)12-16/h6-7,10,13,15-16H,1-5,8-9,11-12H2. The van der Waals surface area contributed by atoms with Crippen LogP contribution in [0, 0.1) is 5.82 Å². The molecule has 2 aromatic rings. The highest BCUT2D eigenvalue weighted by Crippen LogP contribution is 2.28. The minimum absolute atomic E-state index is 0.00719. The van der Waals surface area contributed by atoms with E-state index in [4.69, 9.17) is 0 Å². The monoisotopic (exact) mass is 421 g/mol. The molecule has 1 amide bonds. The van der Waals surface area contributed by atoms with E-state index in [1.165, 1.54) is 29.1 Å². The average Bonchev–Trinajstić information content (AvgIpc) is 3.04. The number of fused-ring (bicyclic) bond motifs is 1. The third-order valence-corrected chi connectivity index (χ3v) is 7.70. The zero-order chi connectivity index (χ0) is 20.6. The average molecular weight is 421 g/mol. The second kappa shape index (κ2) is 7.85. The van der Waals surface area contributed by atoms with Crippen LogP contribution in [0.15, 0.2) is 29.3 Å². The Hall–Kier alpha value is -2.29. The van der Waals surface area contributed by atoms with E-state index in [-0.39, 0.29) is 46.9 Å². The van der Waals surface area contributed by atoms with Gasteiger partial charge in [-0.1, -0.05) is 19.3 Å². The van der Waals surface area contributed by atoms with Gasteiger partial charge in [0.15, 0.2) is 9.84 Å². The molecular weight excluding hydrogens is 397 g/mol. The van der Waals surface area contributed by atoms with Crippen LogP contribution in [0.25, 0.3) is 10.9 Å². The molecule has 2 heterocycles. The van der Waals surface area contributed by atoms with E-state index in [0.717, 1.165) is 32.1 Å². The number of nitrogens with zero attached hydrogens (tertiary/aromatic N) is 3. The summed E-state index contributed by atoms with van der Waals surface area (Å²) in [5.74, 6) is -0.662. The molecule has 1 unspecified atom stereocenters. The second-order valence-corrected chi connectivity index (χ2v) is 10.2. The summed E-state index contributed by atoms with van der Waals surface area (Å²) in [6, 6.07) is 3.40. The van der Waals surface area contributed by atoms with E-state index >= 15 is 0 Å². The van der Waals surface area contributed by atoms with E-state index < -0.39 is 21.2 Å². The summed E-state index contributed by atoms with van der Waals surface area (Å²) in [6.45, 7) is -0.202. The van der Waals surface area contributed by atoms with Gasteiger partial charge in [0, 0.05) is 18.2 Å². The van der Waals surface area contributed by atoms with Gasteiger partial charge in [0.25, 0.3) is 5.56 Å². The number of aromatic nitrogens is 2. The predicted octanol–water partition coefficient (Wildman–Crippen LogP) is 1.88. The first-order valence-corrected chi connectivity index (χ1v) is 11.8. The number of carbonyl (C=O) groups excluding carboxylic acids is 1. The number of amides is 1. The van der Waals surface area contributed by atoms with Crippen LogP contribution in [0.3, 0.4) is 0 Å². The number of hydrogen-bond acceptors (Lipinski definition) is 5. The van der Waals surface area contributed by atoms with Crippen molar-refractivity contribution in [1.29, 1.82) is 0 Å². The molecule has 2 fully saturated rings. The lowest BCUT2D eigenvalue weighted by Gasteiger charge is -2.38. The fourth-order valence-corrected chi connectivity index (χ4v) is 6.24. The minimum atomic E-state index is -3.14. The zero-order valence-corrected chi connectivity index (χ0v) is 16.9. The smallest absolute Gasteiger partial charge is 0.261 e. The molecule has 0 spiro atoms. The third-order valence-electron chi connectivity index (χ3n) is 5.95. The molecule has 1 aliphatic carbocycles. The molecule has 1 saturated carbocycles. The van der Waals surface area contributed by atoms with Crippen molar-refractivity contribution in [3.63, 3.8) is 0 Å². The third kappa shape index (κ3) is 4.19. The van der Waals surface area contributed by atoms with Crippen LogP contribution in [0.5, 0.6) is 0 Å². The molecule has 29 heavy (non-hydrogen) atoms. The minimum Gasteiger partial charge on any atom is -0.334 e. The van der Waals surface area contributed by atoms with Crippen molar-refractivity contribution in [2.75, 3.05) is 11.5 Å². The van der Waals surface area contributed by atoms with E-state index in [1.807, 2.05) is 0 Å². The molecule has 2 aliphatic rings. The lowest BCUT2D eigenvalue weighted by atomic mass is 9.93. The van der Waals surface area contributed by atoms with Crippen molar-refractivity contribution in [1.82, 2.24) is 14.5 Å². The molecule has 0 N–H and O–H groups in total. The first kappa shape index (κ1) is 20.0. The van der Waals surface area contributed by atoms with Crippen molar-refractivity contribution in [2.24, 2.45) is 0 Å². The maximum absolute atomic E-state index is 13.4. The molecule has 0 bridgehead atoms. The van der Waals surface area contributed by atoms with Crippen LogP contribution in [0.2, 0.25) is 0 Å². The Morgan fingerprint density at radius 1 is 1.17 bits per heavy atom. The first-order chi connectivity index (χ1) is 13.8. The van der Waals surface area contributed by atoms with Gasteiger partial charge in [-0.2, -0.15) is 0 Å². The van der Waals surface area contributed by atoms with Crippen LogP contribution in [0.1, 0.15) is 38.5 Å². The van der Waals surface area contributed by atoms with Gasteiger partial charge in [0.1, 0.15) is 12.4 Å². The van der Waals surface area contributed by atoms with Gasteiger partial charge in [-0.3, -0.25) is 14.2 Å². The summed E-state index contributed by atoms with van der Waals surface area (Å²) < 4.78 is 38.6. The quantitative estimate of drug-likeness (QED) is 0.752. The van der Waals surface area contributed by atoms with E-state index in [0.29, 0.717) is 6.42 Å². The van der Waals surface area contributed by atoms with Gasteiger partial charge in [0.05, 0.1) is 28.7 Å². The lowest BCUT2D eigenvalue weighted by molar-refractivity contribution is -0.137. The molecular formula is C20H24FN3O4S.